The molecule has 0 bridgehead atoms. The van der Waals surface area contributed by atoms with Crippen LogP contribution in [0.15, 0.2) is 53.8 Å². The van der Waals surface area contributed by atoms with E-state index < -0.39 is 18.8 Å². The third-order valence-corrected chi connectivity index (χ3v) is 4.86. The zero-order valence-corrected chi connectivity index (χ0v) is 18.4. The molecule has 3 heterocycles. The summed E-state index contributed by atoms with van der Waals surface area (Å²) in [5.74, 6) is 0.162. The molecule has 0 unspecified atom stereocenters. The standard InChI is InChI=1S/C20H16ClF3N6O.H2S/c1-11(14-7-12-6-13(21)2-3-15(12)28-18(14)31)27-19-26-5-4-16(29-19)17-8-25-10-30(17)9-20(22,23)24;/h2-8,10-11H,9H2,1H3,(H,28,31)(H,26,27,29);1H2/t11-;/m0./s1. The molecule has 0 aliphatic heterocycles. The van der Waals surface area contributed by atoms with Gasteiger partial charge in [0.15, 0.2) is 0 Å². The number of rotatable bonds is 5. The van der Waals surface area contributed by atoms with E-state index in [1.54, 1.807) is 31.2 Å². The molecule has 168 valence electrons. The molecular formula is C20H18ClF3N6OS. The molecule has 0 saturated heterocycles. The molecule has 32 heavy (non-hydrogen) atoms. The average Bonchev–Trinajstić information content (AvgIpc) is 3.14. The van der Waals surface area contributed by atoms with Crippen LogP contribution in [0.3, 0.4) is 0 Å². The van der Waals surface area contributed by atoms with E-state index in [0.29, 0.717) is 16.1 Å². The molecule has 3 aromatic heterocycles. The molecule has 0 saturated carbocycles. The van der Waals surface area contributed by atoms with E-state index in [4.69, 9.17) is 11.6 Å². The first-order chi connectivity index (χ1) is 14.7. The molecule has 0 spiro atoms. The van der Waals surface area contributed by atoms with Gasteiger partial charge < -0.3 is 14.9 Å². The van der Waals surface area contributed by atoms with Crippen molar-refractivity contribution in [1.29, 1.82) is 0 Å². The van der Waals surface area contributed by atoms with Crippen LogP contribution in [0.1, 0.15) is 18.5 Å². The molecular weight excluding hydrogens is 465 g/mol. The third kappa shape index (κ3) is 5.22. The topological polar surface area (TPSA) is 88.5 Å². The minimum absolute atomic E-state index is 0. The monoisotopic (exact) mass is 482 g/mol. The summed E-state index contributed by atoms with van der Waals surface area (Å²) in [7, 11) is 0. The molecule has 7 nitrogen and oxygen atoms in total. The highest BCUT2D eigenvalue weighted by Gasteiger charge is 2.29. The second kappa shape index (κ2) is 9.21. The number of aromatic nitrogens is 5. The second-order valence-electron chi connectivity index (χ2n) is 6.94. The van der Waals surface area contributed by atoms with Crippen molar-refractivity contribution < 1.29 is 13.2 Å². The highest BCUT2D eigenvalue weighted by molar-refractivity contribution is 7.59. The van der Waals surface area contributed by atoms with Gasteiger partial charge in [-0.15, -0.1) is 0 Å². The SMILES string of the molecule is C[C@H](Nc1nccc(-c2cncn2CC(F)(F)F)n1)c1cc2cc(Cl)ccc2[nH]c1=O.S. The minimum Gasteiger partial charge on any atom is -0.347 e. The number of alkyl halides is 3. The molecule has 4 rings (SSSR count). The van der Waals surface area contributed by atoms with Gasteiger partial charge in [0, 0.05) is 27.7 Å². The van der Waals surface area contributed by atoms with Crippen molar-refractivity contribution in [3.05, 3.63) is 70.0 Å². The van der Waals surface area contributed by atoms with Crippen molar-refractivity contribution in [1.82, 2.24) is 24.5 Å². The molecule has 2 N–H and O–H groups in total. The van der Waals surface area contributed by atoms with Crippen molar-refractivity contribution in [3.63, 3.8) is 0 Å². The van der Waals surface area contributed by atoms with Gasteiger partial charge in [-0.25, -0.2) is 15.0 Å². The van der Waals surface area contributed by atoms with E-state index in [-0.39, 0.29) is 36.4 Å². The molecule has 1 aromatic carbocycles. The summed E-state index contributed by atoms with van der Waals surface area (Å²) in [5, 5.41) is 4.33. The van der Waals surface area contributed by atoms with Gasteiger partial charge in [-0.2, -0.15) is 26.7 Å². The number of nitrogens with zero attached hydrogens (tertiary/aromatic N) is 4. The predicted octanol–water partition coefficient (Wildman–Crippen LogP) is 4.68. The second-order valence-corrected chi connectivity index (χ2v) is 7.38. The Morgan fingerprint density at radius 2 is 2.03 bits per heavy atom. The van der Waals surface area contributed by atoms with Crippen LogP contribution >= 0.6 is 25.1 Å². The molecule has 0 aliphatic carbocycles. The van der Waals surface area contributed by atoms with Gasteiger partial charge >= 0.3 is 6.18 Å². The smallest absolute Gasteiger partial charge is 0.347 e. The molecule has 0 aliphatic rings. The molecule has 0 amide bonds. The lowest BCUT2D eigenvalue weighted by Gasteiger charge is -2.15. The Morgan fingerprint density at radius 1 is 1.25 bits per heavy atom. The number of halogens is 4. The first-order valence-electron chi connectivity index (χ1n) is 9.19. The van der Waals surface area contributed by atoms with Gasteiger partial charge in [-0.05, 0) is 37.3 Å². The van der Waals surface area contributed by atoms with Gasteiger partial charge in [0.2, 0.25) is 5.95 Å². The van der Waals surface area contributed by atoms with Gasteiger partial charge in [-0.3, -0.25) is 4.79 Å². The van der Waals surface area contributed by atoms with Crippen LogP contribution in [0.5, 0.6) is 0 Å². The molecule has 12 heteroatoms. The Balaban J connectivity index is 0.00000289. The van der Waals surface area contributed by atoms with Crippen LogP contribution < -0.4 is 10.9 Å². The van der Waals surface area contributed by atoms with E-state index in [1.807, 2.05) is 0 Å². The Morgan fingerprint density at radius 3 is 2.78 bits per heavy atom. The van der Waals surface area contributed by atoms with Crippen molar-refractivity contribution in [2.45, 2.75) is 25.7 Å². The van der Waals surface area contributed by atoms with E-state index in [2.05, 4.69) is 25.3 Å². The number of pyridine rings is 1. The van der Waals surface area contributed by atoms with Crippen LogP contribution in [0, 0.1) is 0 Å². The molecule has 4 aromatic rings. The largest absolute Gasteiger partial charge is 0.406 e. The summed E-state index contributed by atoms with van der Waals surface area (Å²) in [6.07, 6.45) is -0.565. The number of H-pyrrole nitrogens is 1. The van der Waals surface area contributed by atoms with Crippen molar-refractivity contribution in [2.24, 2.45) is 0 Å². The highest BCUT2D eigenvalue weighted by Crippen LogP contribution is 2.25. The number of fused-ring (bicyclic) bond motifs is 1. The van der Waals surface area contributed by atoms with E-state index in [9.17, 15) is 18.0 Å². The van der Waals surface area contributed by atoms with Crippen LogP contribution in [-0.2, 0) is 6.54 Å². The fraction of sp³-hybridized carbons (Fsp3) is 0.200. The summed E-state index contributed by atoms with van der Waals surface area (Å²) in [6.45, 7) is 0.575. The Bertz CT molecular complexity index is 1310. The van der Waals surface area contributed by atoms with Gasteiger partial charge in [0.1, 0.15) is 6.54 Å². The van der Waals surface area contributed by atoms with Crippen LogP contribution in [-0.4, -0.2) is 30.7 Å². The maximum absolute atomic E-state index is 12.8. The number of hydrogen-bond donors (Lipinski definition) is 2. The number of hydrogen-bond acceptors (Lipinski definition) is 5. The number of aromatic amines is 1. The van der Waals surface area contributed by atoms with Crippen LogP contribution in [0.25, 0.3) is 22.3 Å². The summed E-state index contributed by atoms with van der Waals surface area (Å²) >= 11 is 6.03. The highest BCUT2D eigenvalue weighted by atomic mass is 35.5. The predicted molar refractivity (Wildman–Crippen MR) is 121 cm³/mol. The normalized spacial score (nSPS) is 12.4. The summed E-state index contributed by atoms with van der Waals surface area (Å²) in [4.78, 5) is 27.5. The lowest BCUT2D eigenvalue weighted by atomic mass is 10.1. The van der Waals surface area contributed by atoms with E-state index in [0.717, 1.165) is 16.3 Å². The number of benzene rings is 1. The third-order valence-electron chi connectivity index (χ3n) is 4.63. The lowest BCUT2D eigenvalue weighted by Crippen LogP contribution is -2.20. The quantitative estimate of drug-likeness (QED) is 0.431. The fourth-order valence-electron chi connectivity index (χ4n) is 3.21. The van der Waals surface area contributed by atoms with E-state index in [1.165, 1.54) is 18.5 Å². The molecule has 0 radical (unpaired) electrons. The van der Waals surface area contributed by atoms with Crippen molar-refractivity contribution in [3.8, 4) is 11.4 Å². The summed E-state index contributed by atoms with van der Waals surface area (Å²) < 4.78 is 39.3. The van der Waals surface area contributed by atoms with Gasteiger partial charge in [0.05, 0.1) is 30.0 Å². The van der Waals surface area contributed by atoms with Crippen LogP contribution in [0.4, 0.5) is 19.1 Å². The zero-order chi connectivity index (χ0) is 22.2. The maximum atomic E-state index is 12.8. The average molecular weight is 483 g/mol. The first-order valence-corrected chi connectivity index (χ1v) is 9.57. The molecule has 0 fully saturated rings. The number of nitrogens with one attached hydrogen (secondary N) is 2. The minimum atomic E-state index is -4.39. The fourth-order valence-corrected chi connectivity index (χ4v) is 3.39. The Kier molecular flexibility index (Phi) is 6.79. The van der Waals surface area contributed by atoms with Gasteiger partial charge in [0.25, 0.3) is 5.56 Å². The van der Waals surface area contributed by atoms with Crippen molar-refractivity contribution >= 4 is 41.9 Å². The molecule has 1 atom stereocenters. The number of imidazole rings is 1. The van der Waals surface area contributed by atoms with E-state index >= 15 is 0 Å². The summed E-state index contributed by atoms with van der Waals surface area (Å²) in [5.41, 5.74) is 1.28. The number of anilines is 1. The van der Waals surface area contributed by atoms with Crippen LogP contribution in [0.2, 0.25) is 5.02 Å². The first kappa shape index (κ1) is 23.6. The maximum Gasteiger partial charge on any atom is 0.406 e. The zero-order valence-electron chi connectivity index (χ0n) is 16.6. The van der Waals surface area contributed by atoms with Gasteiger partial charge in [-0.1, -0.05) is 11.6 Å². The van der Waals surface area contributed by atoms with Crippen molar-refractivity contribution in [2.75, 3.05) is 5.32 Å². The lowest BCUT2D eigenvalue weighted by molar-refractivity contribution is -0.140. The Hall–Kier alpha value is -3.05. The summed E-state index contributed by atoms with van der Waals surface area (Å²) in [6, 6.07) is 7.87. The Labute approximate surface area is 192 Å².